The molecule has 1 aromatic heterocycles. The highest BCUT2D eigenvalue weighted by molar-refractivity contribution is 6.40. The number of para-hydroxylation sites is 1. The molecule has 0 radical (unpaired) electrons. The van der Waals surface area contributed by atoms with Crippen molar-refractivity contribution in [2.24, 2.45) is 0 Å². The minimum Gasteiger partial charge on any atom is -0.318 e. The van der Waals surface area contributed by atoms with Gasteiger partial charge in [-0.05, 0) is 12.1 Å². The van der Waals surface area contributed by atoms with E-state index in [0.717, 1.165) is 0 Å². The van der Waals surface area contributed by atoms with Crippen molar-refractivity contribution >= 4 is 46.4 Å². The molecule has 0 aliphatic carbocycles. The fraction of sp³-hybridized carbons (Fsp3) is 0. The average Bonchev–Trinajstić information content (AvgIpc) is 2.70. The molecule has 2 aromatic rings. The number of rotatable bonds is 2. The third-order valence-electron chi connectivity index (χ3n) is 1.92. The van der Waals surface area contributed by atoms with E-state index < -0.39 is 5.91 Å². The number of carbonyl (C=O) groups is 1. The van der Waals surface area contributed by atoms with E-state index in [9.17, 15) is 4.79 Å². The van der Waals surface area contributed by atoms with Crippen LogP contribution in [0.25, 0.3) is 0 Å². The molecule has 0 aliphatic rings. The van der Waals surface area contributed by atoms with Crippen molar-refractivity contribution in [3.8, 4) is 0 Å². The second kappa shape index (κ2) is 4.91. The molecular formula is C9H5Cl3N4O. The minimum atomic E-state index is -0.543. The highest BCUT2D eigenvalue weighted by Crippen LogP contribution is 2.30. The van der Waals surface area contributed by atoms with E-state index in [2.05, 4.69) is 20.7 Å². The molecule has 2 N–H and O–H groups in total. The Morgan fingerprint density at radius 1 is 1.18 bits per heavy atom. The fourth-order valence-corrected chi connectivity index (χ4v) is 1.81. The lowest BCUT2D eigenvalue weighted by atomic mass is 10.3. The van der Waals surface area contributed by atoms with Gasteiger partial charge in [0.05, 0.1) is 15.7 Å². The van der Waals surface area contributed by atoms with Crippen LogP contribution in [-0.4, -0.2) is 21.3 Å². The Labute approximate surface area is 111 Å². The number of H-pyrrole nitrogens is 1. The van der Waals surface area contributed by atoms with Crippen molar-refractivity contribution in [1.82, 2.24) is 15.4 Å². The summed E-state index contributed by atoms with van der Waals surface area (Å²) in [5.74, 6) is -0.543. The van der Waals surface area contributed by atoms with Crippen molar-refractivity contribution in [3.05, 3.63) is 39.1 Å². The van der Waals surface area contributed by atoms with Gasteiger partial charge in [0.2, 0.25) is 0 Å². The Kier molecular flexibility index (Phi) is 3.51. The maximum absolute atomic E-state index is 11.8. The number of hydrogen-bond donors (Lipinski definition) is 2. The number of amides is 1. The largest absolute Gasteiger partial charge is 0.318 e. The highest BCUT2D eigenvalue weighted by Gasteiger charge is 2.17. The van der Waals surface area contributed by atoms with Crippen LogP contribution in [0.1, 0.15) is 10.5 Å². The van der Waals surface area contributed by atoms with E-state index >= 15 is 0 Å². The van der Waals surface area contributed by atoms with E-state index in [-0.39, 0.29) is 10.8 Å². The third kappa shape index (κ3) is 2.52. The average molecular weight is 292 g/mol. The number of aromatic amines is 1. The molecule has 0 saturated heterocycles. The topological polar surface area (TPSA) is 70.7 Å². The van der Waals surface area contributed by atoms with E-state index in [1.165, 1.54) is 0 Å². The molecular weight excluding hydrogens is 286 g/mol. The maximum atomic E-state index is 11.8. The second-order valence-corrected chi connectivity index (χ2v) is 4.19. The van der Waals surface area contributed by atoms with Crippen LogP contribution < -0.4 is 5.32 Å². The van der Waals surface area contributed by atoms with Gasteiger partial charge in [0.15, 0.2) is 10.8 Å². The first-order valence-electron chi connectivity index (χ1n) is 4.41. The van der Waals surface area contributed by atoms with Crippen molar-refractivity contribution in [1.29, 1.82) is 0 Å². The van der Waals surface area contributed by atoms with Gasteiger partial charge in [0, 0.05) is 0 Å². The van der Waals surface area contributed by atoms with Crippen LogP contribution in [0.4, 0.5) is 5.69 Å². The molecule has 88 valence electrons. The van der Waals surface area contributed by atoms with Crippen molar-refractivity contribution in [2.45, 2.75) is 0 Å². The number of nitrogens with one attached hydrogen (secondary N) is 2. The summed E-state index contributed by atoms with van der Waals surface area (Å²) in [5.41, 5.74) is 0.280. The summed E-state index contributed by atoms with van der Waals surface area (Å²) < 4.78 is 0. The zero-order valence-corrected chi connectivity index (χ0v) is 10.4. The molecule has 17 heavy (non-hydrogen) atoms. The minimum absolute atomic E-state index is 0.0225. The monoisotopic (exact) mass is 290 g/mol. The lowest BCUT2D eigenvalue weighted by Gasteiger charge is -2.07. The summed E-state index contributed by atoms with van der Waals surface area (Å²) in [7, 11) is 0. The highest BCUT2D eigenvalue weighted by atomic mass is 35.5. The van der Waals surface area contributed by atoms with Gasteiger partial charge in [-0.1, -0.05) is 40.9 Å². The molecule has 0 spiro atoms. The molecule has 8 heteroatoms. The Hall–Kier alpha value is -1.30. The molecule has 1 amide bonds. The van der Waals surface area contributed by atoms with E-state index in [0.29, 0.717) is 15.7 Å². The lowest BCUT2D eigenvalue weighted by molar-refractivity contribution is 0.102. The van der Waals surface area contributed by atoms with Gasteiger partial charge >= 0.3 is 0 Å². The Morgan fingerprint density at radius 3 is 2.35 bits per heavy atom. The molecule has 0 saturated carbocycles. The van der Waals surface area contributed by atoms with Gasteiger partial charge < -0.3 is 5.32 Å². The van der Waals surface area contributed by atoms with Gasteiger partial charge in [-0.2, -0.15) is 5.21 Å². The third-order valence-corrected chi connectivity index (χ3v) is 2.82. The number of halogens is 3. The second-order valence-electron chi connectivity index (χ2n) is 3.01. The normalized spacial score (nSPS) is 10.3. The van der Waals surface area contributed by atoms with Crippen LogP contribution in [0.15, 0.2) is 18.2 Å². The van der Waals surface area contributed by atoms with Crippen molar-refractivity contribution in [3.63, 3.8) is 0 Å². The quantitative estimate of drug-likeness (QED) is 0.893. The first-order chi connectivity index (χ1) is 8.09. The van der Waals surface area contributed by atoms with Crippen LogP contribution in [0.5, 0.6) is 0 Å². The molecule has 1 heterocycles. The molecule has 2 rings (SSSR count). The maximum Gasteiger partial charge on any atom is 0.279 e. The van der Waals surface area contributed by atoms with Crippen LogP contribution >= 0.6 is 34.8 Å². The van der Waals surface area contributed by atoms with E-state index in [1.807, 2.05) is 0 Å². The first kappa shape index (κ1) is 12.2. The Bertz CT molecular complexity index is 549. The molecule has 0 fully saturated rings. The van der Waals surface area contributed by atoms with Crippen molar-refractivity contribution in [2.75, 3.05) is 5.32 Å². The van der Waals surface area contributed by atoms with E-state index in [4.69, 9.17) is 34.8 Å². The predicted molar refractivity (Wildman–Crippen MR) is 65.8 cm³/mol. The van der Waals surface area contributed by atoms with Gasteiger partial charge in [-0.15, -0.1) is 10.2 Å². The first-order valence-corrected chi connectivity index (χ1v) is 5.54. The Balaban J connectivity index is 2.28. The van der Waals surface area contributed by atoms with Gasteiger partial charge in [-0.3, -0.25) is 4.79 Å². The number of hydrogen-bond acceptors (Lipinski definition) is 3. The summed E-state index contributed by atoms with van der Waals surface area (Å²) in [5, 5.41) is 12.5. The molecule has 1 aromatic carbocycles. The number of aromatic nitrogens is 3. The SMILES string of the molecule is O=C(Nc1c(Cl)cccc1Cl)c1n[nH]nc1Cl. The summed E-state index contributed by atoms with van der Waals surface area (Å²) in [6.45, 7) is 0. The molecule has 0 aliphatic heterocycles. The summed E-state index contributed by atoms with van der Waals surface area (Å²) in [6, 6.07) is 4.88. The van der Waals surface area contributed by atoms with Gasteiger partial charge in [0.1, 0.15) is 0 Å². The lowest BCUT2D eigenvalue weighted by Crippen LogP contribution is -2.13. The van der Waals surface area contributed by atoms with Gasteiger partial charge in [0.25, 0.3) is 5.91 Å². The number of nitrogens with zero attached hydrogens (tertiary/aromatic N) is 2. The number of carbonyl (C=O) groups excluding carboxylic acids is 1. The zero-order valence-electron chi connectivity index (χ0n) is 8.17. The molecule has 5 nitrogen and oxygen atoms in total. The molecule has 0 atom stereocenters. The summed E-state index contributed by atoms with van der Waals surface area (Å²) in [6.07, 6.45) is 0. The van der Waals surface area contributed by atoms with Crippen LogP contribution in [0, 0.1) is 0 Å². The Morgan fingerprint density at radius 2 is 1.82 bits per heavy atom. The van der Waals surface area contributed by atoms with E-state index in [1.54, 1.807) is 18.2 Å². The molecule has 0 bridgehead atoms. The van der Waals surface area contributed by atoms with Crippen molar-refractivity contribution < 1.29 is 4.79 Å². The van der Waals surface area contributed by atoms with Crippen LogP contribution in [0.3, 0.4) is 0 Å². The van der Waals surface area contributed by atoms with Crippen LogP contribution in [-0.2, 0) is 0 Å². The predicted octanol–water partition coefficient (Wildman–Crippen LogP) is 3.02. The number of benzene rings is 1. The number of anilines is 1. The fourth-order valence-electron chi connectivity index (χ4n) is 1.15. The van der Waals surface area contributed by atoms with Gasteiger partial charge in [-0.25, -0.2) is 0 Å². The summed E-state index contributed by atoms with van der Waals surface area (Å²) in [4.78, 5) is 11.8. The zero-order chi connectivity index (χ0) is 12.4. The molecule has 0 unspecified atom stereocenters. The van der Waals surface area contributed by atoms with Crippen LogP contribution in [0.2, 0.25) is 15.2 Å². The summed E-state index contributed by atoms with van der Waals surface area (Å²) >= 11 is 17.4. The standard InChI is InChI=1S/C9H5Cl3N4O/c10-4-2-1-3-5(11)6(4)13-9(17)7-8(12)15-16-14-7/h1-3H,(H,13,17)(H,14,15,16). The smallest absolute Gasteiger partial charge is 0.279 e.